The van der Waals surface area contributed by atoms with Gasteiger partial charge in [0, 0.05) is 16.1 Å². The first-order chi connectivity index (χ1) is 14.4. The topological polar surface area (TPSA) is 91.7 Å². The highest BCUT2D eigenvalue weighted by Crippen LogP contribution is 2.38. The molecule has 0 aliphatic carbocycles. The van der Waals surface area contributed by atoms with E-state index in [0.717, 1.165) is 5.56 Å². The van der Waals surface area contributed by atoms with Crippen molar-refractivity contribution in [2.24, 2.45) is 0 Å². The molecular weight excluding hydrogens is 486 g/mol. The number of esters is 1. The summed E-state index contributed by atoms with van der Waals surface area (Å²) in [6.07, 6.45) is 2.81. The molecule has 0 radical (unpaired) electrons. The normalized spacial score (nSPS) is 19.1. The lowest BCUT2D eigenvalue weighted by molar-refractivity contribution is 0.0527. The van der Waals surface area contributed by atoms with E-state index < -0.39 is 27.5 Å². The van der Waals surface area contributed by atoms with Crippen LogP contribution in [0.2, 0.25) is 0 Å². The van der Waals surface area contributed by atoms with E-state index in [1.54, 1.807) is 40.0 Å². The van der Waals surface area contributed by atoms with Gasteiger partial charge in [-0.2, -0.15) is 0 Å². The summed E-state index contributed by atoms with van der Waals surface area (Å²) in [5.41, 5.74) is 0.788. The van der Waals surface area contributed by atoms with Gasteiger partial charge in [0.25, 0.3) is 0 Å². The summed E-state index contributed by atoms with van der Waals surface area (Å²) in [7, 11) is -3.07. The lowest BCUT2D eigenvalue weighted by atomic mass is 9.91. The van der Waals surface area contributed by atoms with Crippen molar-refractivity contribution in [2.45, 2.75) is 58.5 Å². The molecule has 1 aliphatic rings. The average Bonchev–Trinajstić information content (AvgIpc) is 2.92. The van der Waals surface area contributed by atoms with Crippen molar-refractivity contribution in [1.29, 1.82) is 0 Å². The smallest absolute Gasteiger partial charge is 0.419 e. The second-order valence-electron chi connectivity index (χ2n) is 8.78. The number of rotatable bonds is 3. The quantitative estimate of drug-likeness (QED) is 0.533. The highest BCUT2D eigenvalue weighted by atomic mass is 79.9. The van der Waals surface area contributed by atoms with Crippen molar-refractivity contribution in [3.05, 3.63) is 33.9 Å². The lowest BCUT2D eigenvalue weighted by Crippen LogP contribution is -2.27. The summed E-state index contributed by atoms with van der Waals surface area (Å²) in [4.78, 5) is 25.7. The van der Waals surface area contributed by atoms with Crippen LogP contribution in [0.3, 0.4) is 0 Å². The number of fused-ring (bicyclic) bond motifs is 1. The average molecular weight is 514 g/mol. The van der Waals surface area contributed by atoms with Crippen LogP contribution in [-0.4, -0.2) is 48.8 Å². The molecule has 3 rings (SSSR count). The Hall–Kier alpha value is -1.87. The van der Waals surface area contributed by atoms with Gasteiger partial charge in [-0.3, -0.25) is 4.57 Å². The Bertz CT molecular complexity index is 1110. The van der Waals surface area contributed by atoms with E-state index in [2.05, 4.69) is 15.9 Å². The molecule has 0 saturated carbocycles. The Balaban J connectivity index is 2.21. The summed E-state index contributed by atoms with van der Waals surface area (Å²) >= 11 is 3.46. The number of ether oxygens (including phenoxy) is 2. The number of aromatic nitrogens is 1. The van der Waals surface area contributed by atoms with Gasteiger partial charge in [0.1, 0.15) is 15.4 Å². The van der Waals surface area contributed by atoms with Crippen molar-refractivity contribution in [2.75, 3.05) is 18.1 Å². The summed E-state index contributed by atoms with van der Waals surface area (Å²) in [6.45, 7) is 7.24. The molecule has 0 spiro atoms. The summed E-state index contributed by atoms with van der Waals surface area (Å²) in [6, 6.07) is 3.48. The Morgan fingerprint density at radius 3 is 2.55 bits per heavy atom. The first-order valence-electron chi connectivity index (χ1n) is 10.4. The fraction of sp³-hybridized carbons (Fsp3) is 0.545. The molecular formula is C22H28BrNO6S. The molecule has 1 atom stereocenters. The second kappa shape index (κ2) is 8.94. The minimum absolute atomic E-state index is 0.0483. The lowest BCUT2D eigenvalue weighted by Gasteiger charge is -2.20. The third kappa shape index (κ3) is 5.49. The van der Waals surface area contributed by atoms with E-state index in [-0.39, 0.29) is 29.6 Å². The van der Waals surface area contributed by atoms with E-state index in [1.807, 2.05) is 6.07 Å². The molecule has 1 saturated heterocycles. The Morgan fingerprint density at radius 2 is 1.90 bits per heavy atom. The van der Waals surface area contributed by atoms with Gasteiger partial charge in [-0.1, -0.05) is 15.9 Å². The van der Waals surface area contributed by atoms with Gasteiger partial charge in [0.2, 0.25) is 0 Å². The molecule has 2 aromatic rings. The molecule has 0 N–H and O–H groups in total. The number of nitrogens with zero attached hydrogens (tertiary/aromatic N) is 1. The summed E-state index contributed by atoms with van der Waals surface area (Å²) < 4.78 is 37.0. The third-order valence-electron chi connectivity index (χ3n) is 5.21. The van der Waals surface area contributed by atoms with Gasteiger partial charge in [0.05, 0.1) is 29.2 Å². The number of carbonyl (C=O) groups excluding carboxylic acids is 2. The van der Waals surface area contributed by atoms with Crippen molar-refractivity contribution in [3.63, 3.8) is 0 Å². The number of sulfone groups is 1. The molecule has 0 amide bonds. The predicted molar refractivity (Wildman–Crippen MR) is 122 cm³/mol. The first-order valence-corrected chi connectivity index (χ1v) is 13.0. The maximum absolute atomic E-state index is 13.0. The molecule has 2 heterocycles. The number of benzene rings is 1. The van der Waals surface area contributed by atoms with Gasteiger partial charge in [0.15, 0.2) is 0 Å². The highest BCUT2D eigenvalue weighted by molar-refractivity contribution is 9.10. The molecule has 7 nitrogen and oxygen atoms in total. The van der Waals surface area contributed by atoms with Crippen LogP contribution in [0.5, 0.6) is 0 Å². The molecule has 9 heteroatoms. The van der Waals surface area contributed by atoms with Crippen molar-refractivity contribution in [3.8, 4) is 0 Å². The fourth-order valence-electron chi connectivity index (χ4n) is 3.93. The van der Waals surface area contributed by atoms with Crippen LogP contribution in [-0.2, 0) is 19.3 Å². The number of hydrogen-bond donors (Lipinski definition) is 0. The molecule has 1 aromatic carbocycles. The van der Waals surface area contributed by atoms with E-state index in [1.165, 1.54) is 4.57 Å². The summed E-state index contributed by atoms with van der Waals surface area (Å²) in [5, 5.41) is 0.715. The number of halogens is 1. The van der Waals surface area contributed by atoms with Crippen LogP contribution in [0.15, 0.2) is 22.8 Å². The van der Waals surface area contributed by atoms with E-state index in [0.29, 0.717) is 34.6 Å². The van der Waals surface area contributed by atoms with Gasteiger partial charge in [-0.05, 0) is 70.6 Å². The molecule has 1 aliphatic heterocycles. The molecule has 1 aromatic heterocycles. The zero-order valence-corrected chi connectivity index (χ0v) is 20.6. The van der Waals surface area contributed by atoms with Crippen LogP contribution in [0.25, 0.3) is 10.9 Å². The van der Waals surface area contributed by atoms with Gasteiger partial charge in [-0.15, -0.1) is 0 Å². The molecule has 1 unspecified atom stereocenters. The first kappa shape index (κ1) is 23.8. The van der Waals surface area contributed by atoms with E-state index >= 15 is 0 Å². The van der Waals surface area contributed by atoms with E-state index in [4.69, 9.17) is 9.47 Å². The third-order valence-corrected chi connectivity index (χ3v) is 7.43. The molecule has 1 fully saturated rings. The van der Waals surface area contributed by atoms with Crippen LogP contribution in [0.1, 0.15) is 68.8 Å². The highest BCUT2D eigenvalue weighted by Gasteiger charge is 2.29. The zero-order chi connectivity index (χ0) is 23.0. The van der Waals surface area contributed by atoms with Gasteiger partial charge in [-0.25, -0.2) is 18.0 Å². The van der Waals surface area contributed by atoms with Crippen LogP contribution < -0.4 is 0 Å². The van der Waals surface area contributed by atoms with Gasteiger partial charge < -0.3 is 9.47 Å². The predicted octanol–water partition coefficient (Wildman–Crippen LogP) is 5.05. The molecule has 31 heavy (non-hydrogen) atoms. The van der Waals surface area contributed by atoms with Gasteiger partial charge >= 0.3 is 12.1 Å². The largest absolute Gasteiger partial charge is 0.462 e. The van der Waals surface area contributed by atoms with E-state index in [9.17, 15) is 18.0 Å². The molecule has 170 valence electrons. The fourth-order valence-corrected chi connectivity index (χ4v) is 5.84. The monoisotopic (exact) mass is 513 g/mol. The zero-order valence-electron chi connectivity index (χ0n) is 18.2. The van der Waals surface area contributed by atoms with Crippen LogP contribution >= 0.6 is 15.9 Å². The SMILES string of the molecule is CCOC(=O)c1cc(Br)cc2c(C3CCCS(=O)(=O)CC3)cn(C(=O)OC(C)(C)C)c12. The van der Waals surface area contributed by atoms with Crippen LogP contribution in [0.4, 0.5) is 4.79 Å². The van der Waals surface area contributed by atoms with Crippen molar-refractivity contribution < 1.29 is 27.5 Å². The minimum Gasteiger partial charge on any atom is -0.462 e. The second-order valence-corrected chi connectivity index (χ2v) is 12.0. The maximum atomic E-state index is 13.0. The number of hydrogen-bond acceptors (Lipinski definition) is 6. The van der Waals surface area contributed by atoms with Crippen molar-refractivity contribution >= 4 is 48.7 Å². The standard InChI is InChI=1S/C22H28BrNO6S/c1-5-29-20(25)17-12-15(23)11-16-18(14-7-6-9-31(27,28)10-8-14)13-24(19(16)17)21(26)30-22(2,3)4/h11-14H,5-10H2,1-4H3. The Labute approximate surface area is 191 Å². The maximum Gasteiger partial charge on any atom is 0.419 e. The Kier molecular flexibility index (Phi) is 6.86. The number of carbonyl (C=O) groups is 2. The Morgan fingerprint density at radius 1 is 1.19 bits per heavy atom. The van der Waals surface area contributed by atoms with Crippen molar-refractivity contribution in [1.82, 2.24) is 4.57 Å². The minimum atomic E-state index is -3.07. The molecule has 0 bridgehead atoms. The summed E-state index contributed by atoms with van der Waals surface area (Å²) in [5.74, 6) is -0.305. The van der Waals surface area contributed by atoms with Crippen LogP contribution in [0, 0.1) is 0 Å².